The van der Waals surface area contributed by atoms with Gasteiger partial charge in [-0.05, 0) is 39.0 Å². The second-order valence-electron chi connectivity index (χ2n) is 5.48. The van der Waals surface area contributed by atoms with Gasteiger partial charge in [0.05, 0.1) is 17.6 Å². The summed E-state index contributed by atoms with van der Waals surface area (Å²) in [4.78, 5) is 17.8. The molecule has 0 spiro atoms. The molecule has 1 aromatic rings. The lowest BCUT2D eigenvalue weighted by Gasteiger charge is -2.24. The van der Waals surface area contributed by atoms with Crippen molar-refractivity contribution in [2.45, 2.75) is 26.4 Å². The zero-order valence-corrected chi connectivity index (χ0v) is 12.0. The molecule has 1 aromatic heterocycles. The lowest BCUT2D eigenvalue weighted by Crippen LogP contribution is -2.33. The van der Waals surface area contributed by atoms with Crippen LogP contribution in [0, 0.1) is 0 Å². The normalized spacial score (nSPS) is 14.8. The highest BCUT2D eigenvalue weighted by Crippen LogP contribution is 2.16. The van der Waals surface area contributed by atoms with Gasteiger partial charge in [0.2, 0.25) is 0 Å². The van der Waals surface area contributed by atoms with Crippen molar-refractivity contribution in [1.29, 1.82) is 0 Å². The molecule has 0 aliphatic carbocycles. The highest BCUT2D eigenvalue weighted by Gasteiger charge is 2.17. The van der Waals surface area contributed by atoms with Gasteiger partial charge in [-0.15, -0.1) is 0 Å². The van der Waals surface area contributed by atoms with E-state index in [-0.39, 0.29) is 0 Å². The molecule has 0 radical (unpaired) electrons. The van der Waals surface area contributed by atoms with Crippen molar-refractivity contribution in [2.24, 2.45) is 0 Å². The minimum absolute atomic E-state index is 0.457. The summed E-state index contributed by atoms with van der Waals surface area (Å²) in [6.45, 7) is 6.24. The molecule has 1 aliphatic rings. The number of nitrogens with zero attached hydrogens (tertiary/aromatic N) is 2. The van der Waals surface area contributed by atoms with Gasteiger partial charge in [0.25, 0.3) is 0 Å². The number of pyridine rings is 1. The van der Waals surface area contributed by atoms with Crippen molar-refractivity contribution < 1.29 is 9.53 Å². The molecular weight excluding hydrogens is 254 g/mol. The van der Waals surface area contributed by atoms with Crippen molar-refractivity contribution >= 4 is 11.8 Å². The number of allylic oxidation sites excluding steroid dienone is 1. The SMILES string of the molecule is CC(C)(C)OC(=O)NC1=CN(c2cccnc2)CC=C1. The largest absolute Gasteiger partial charge is 0.444 e. The summed E-state index contributed by atoms with van der Waals surface area (Å²) in [5.74, 6) is 0. The summed E-state index contributed by atoms with van der Waals surface area (Å²) >= 11 is 0. The molecule has 1 aliphatic heterocycles. The third-order valence-electron chi connectivity index (χ3n) is 2.52. The summed E-state index contributed by atoms with van der Waals surface area (Å²) in [6.07, 6.45) is 8.74. The van der Waals surface area contributed by atoms with Gasteiger partial charge < -0.3 is 9.64 Å². The van der Waals surface area contributed by atoms with Crippen LogP contribution < -0.4 is 10.2 Å². The maximum Gasteiger partial charge on any atom is 0.412 e. The number of hydrogen-bond acceptors (Lipinski definition) is 4. The maximum absolute atomic E-state index is 11.7. The van der Waals surface area contributed by atoms with E-state index < -0.39 is 11.7 Å². The zero-order chi connectivity index (χ0) is 14.6. The van der Waals surface area contributed by atoms with E-state index in [4.69, 9.17) is 4.74 Å². The predicted molar refractivity (Wildman–Crippen MR) is 78.2 cm³/mol. The molecule has 0 aromatic carbocycles. The van der Waals surface area contributed by atoms with Gasteiger partial charge >= 0.3 is 6.09 Å². The Kier molecular flexibility index (Phi) is 4.08. The fourth-order valence-corrected chi connectivity index (χ4v) is 1.76. The first kappa shape index (κ1) is 14.1. The van der Waals surface area contributed by atoms with Gasteiger partial charge in [-0.2, -0.15) is 0 Å². The van der Waals surface area contributed by atoms with Gasteiger partial charge in [-0.1, -0.05) is 6.08 Å². The average Bonchev–Trinajstić information content (AvgIpc) is 2.38. The average molecular weight is 273 g/mol. The minimum Gasteiger partial charge on any atom is -0.444 e. The van der Waals surface area contributed by atoms with E-state index >= 15 is 0 Å². The van der Waals surface area contributed by atoms with E-state index in [0.29, 0.717) is 5.70 Å². The van der Waals surface area contributed by atoms with E-state index in [1.807, 2.05) is 56.2 Å². The van der Waals surface area contributed by atoms with Crippen LogP contribution in [-0.2, 0) is 4.74 Å². The number of aromatic nitrogens is 1. The standard InChI is InChI=1S/C15H19N3O2/c1-15(2,3)20-14(19)17-12-6-5-9-18(11-12)13-7-4-8-16-10-13/h4-8,10-11H,9H2,1-3H3,(H,17,19). The van der Waals surface area contributed by atoms with Crippen LogP contribution in [0.3, 0.4) is 0 Å². The lowest BCUT2D eigenvalue weighted by atomic mass is 10.2. The number of hydrogen-bond donors (Lipinski definition) is 1. The van der Waals surface area contributed by atoms with E-state index in [1.165, 1.54) is 0 Å². The summed E-state index contributed by atoms with van der Waals surface area (Å²) in [6, 6.07) is 3.84. The summed E-state index contributed by atoms with van der Waals surface area (Å²) in [5, 5.41) is 2.73. The molecule has 0 fully saturated rings. The number of carbonyl (C=O) groups is 1. The zero-order valence-electron chi connectivity index (χ0n) is 12.0. The molecule has 1 amide bonds. The molecule has 106 valence electrons. The highest BCUT2D eigenvalue weighted by molar-refractivity contribution is 5.71. The van der Waals surface area contributed by atoms with Crippen LogP contribution in [0.5, 0.6) is 0 Å². The van der Waals surface area contributed by atoms with Gasteiger partial charge in [0.15, 0.2) is 0 Å². The van der Waals surface area contributed by atoms with Gasteiger partial charge in [0, 0.05) is 18.9 Å². The first-order valence-electron chi connectivity index (χ1n) is 6.49. The van der Waals surface area contributed by atoms with Crippen LogP contribution in [0.25, 0.3) is 0 Å². The van der Waals surface area contributed by atoms with Crippen molar-refractivity contribution in [2.75, 3.05) is 11.4 Å². The van der Waals surface area contributed by atoms with Crippen LogP contribution >= 0.6 is 0 Å². The van der Waals surface area contributed by atoms with Crippen molar-refractivity contribution in [1.82, 2.24) is 10.3 Å². The predicted octanol–water partition coefficient (Wildman–Crippen LogP) is 2.82. The second kappa shape index (κ2) is 5.77. The minimum atomic E-state index is -0.508. The Hall–Kier alpha value is -2.30. The molecule has 0 bridgehead atoms. The summed E-state index contributed by atoms with van der Waals surface area (Å²) in [5.41, 5.74) is 1.15. The van der Waals surface area contributed by atoms with Crippen molar-refractivity contribution in [3.05, 3.63) is 48.6 Å². The molecule has 20 heavy (non-hydrogen) atoms. The van der Waals surface area contributed by atoms with Crippen LogP contribution in [0.15, 0.2) is 48.6 Å². The smallest absolute Gasteiger partial charge is 0.412 e. The van der Waals surface area contributed by atoms with Gasteiger partial charge in [-0.25, -0.2) is 4.79 Å². The van der Waals surface area contributed by atoms with Crippen LogP contribution in [0.2, 0.25) is 0 Å². The number of rotatable bonds is 2. The number of nitrogens with one attached hydrogen (secondary N) is 1. The van der Waals surface area contributed by atoms with E-state index in [9.17, 15) is 4.79 Å². The Morgan fingerprint density at radius 3 is 2.90 bits per heavy atom. The van der Waals surface area contributed by atoms with Gasteiger partial charge in [-0.3, -0.25) is 10.3 Å². The van der Waals surface area contributed by atoms with Crippen molar-refractivity contribution in [3.8, 4) is 0 Å². The van der Waals surface area contributed by atoms with Crippen LogP contribution in [-0.4, -0.2) is 23.2 Å². The van der Waals surface area contributed by atoms with E-state index in [2.05, 4.69) is 10.3 Å². The topological polar surface area (TPSA) is 54.5 Å². The number of alkyl carbamates (subject to hydrolysis) is 1. The molecule has 0 atom stereocenters. The lowest BCUT2D eigenvalue weighted by molar-refractivity contribution is 0.0547. The number of carbonyl (C=O) groups excluding carboxylic acids is 1. The molecule has 5 nitrogen and oxygen atoms in total. The quantitative estimate of drug-likeness (QED) is 0.900. The Balaban J connectivity index is 2.03. The third kappa shape index (κ3) is 4.12. The van der Waals surface area contributed by atoms with Crippen LogP contribution in [0.4, 0.5) is 10.5 Å². The Labute approximate surface area is 119 Å². The van der Waals surface area contributed by atoms with Gasteiger partial charge in [0.1, 0.15) is 5.60 Å². The second-order valence-corrected chi connectivity index (χ2v) is 5.48. The number of amides is 1. The Morgan fingerprint density at radius 2 is 2.25 bits per heavy atom. The number of ether oxygens (including phenoxy) is 1. The molecule has 1 N–H and O–H groups in total. The first-order valence-corrected chi connectivity index (χ1v) is 6.49. The Morgan fingerprint density at radius 1 is 1.45 bits per heavy atom. The molecular formula is C15H19N3O2. The molecule has 0 saturated heterocycles. The summed E-state index contributed by atoms with van der Waals surface area (Å²) < 4.78 is 5.23. The monoisotopic (exact) mass is 273 g/mol. The molecule has 0 saturated carbocycles. The maximum atomic E-state index is 11.7. The molecule has 0 unspecified atom stereocenters. The fourth-order valence-electron chi connectivity index (χ4n) is 1.76. The molecule has 5 heteroatoms. The first-order chi connectivity index (χ1) is 9.44. The molecule has 2 rings (SSSR count). The van der Waals surface area contributed by atoms with Crippen molar-refractivity contribution in [3.63, 3.8) is 0 Å². The Bertz CT molecular complexity index is 530. The molecule has 2 heterocycles. The summed E-state index contributed by atoms with van der Waals surface area (Å²) in [7, 11) is 0. The van der Waals surface area contributed by atoms with E-state index in [1.54, 1.807) is 12.4 Å². The number of anilines is 1. The highest BCUT2D eigenvalue weighted by atomic mass is 16.6. The van der Waals surface area contributed by atoms with E-state index in [0.717, 1.165) is 12.2 Å². The van der Waals surface area contributed by atoms with Crippen LogP contribution in [0.1, 0.15) is 20.8 Å². The fraction of sp³-hybridized carbons (Fsp3) is 0.333. The third-order valence-corrected chi connectivity index (χ3v) is 2.52.